The summed E-state index contributed by atoms with van der Waals surface area (Å²) >= 11 is 0. The van der Waals surface area contributed by atoms with Crippen molar-refractivity contribution in [3.05, 3.63) is 29.8 Å². The molecule has 0 aromatic heterocycles. The number of phenolic OH excluding ortho intramolecular Hbond substituents is 1. The van der Waals surface area contributed by atoms with Crippen LogP contribution in [0.2, 0.25) is 0 Å². The summed E-state index contributed by atoms with van der Waals surface area (Å²) in [5.74, 6) is -6.70. The summed E-state index contributed by atoms with van der Waals surface area (Å²) < 4.78 is 0. The number of aliphatic carboxylic acids is 2. The van der Waals surface area contributed by atoms with Gasteiger partial charge in [-0.25, -0.2) is 4.79 Å². The van der Waals surface area contributed by atoms with Crippen molar-refractivity contribution in [2.24, 2.45) is 17.4 Å². The average Bonchev–Trinajstić information content (AvgIpc) is 2.80. The Labute approximate surface area is 212 Å². The highest BCUT2D eigenvalue weighted by atomic mass is 16.4. The van der Waals surface area contributed by atoms with Gasteiger partial charge in [-0.05, 0) is 30.0 Å². The first-order valence-corrected chi connectivity index (χ1v) is 11.4. The smallest absolute Gasteiger partial charge is 0.326 e. The summed E-state index contributed by atoms with van der Waals surface area (Å²) in [5.41, 5.74) is 11.4. The molecule has 0 saturated heterocycles. The number of primary amides is 1. The third kappa shape index (κ3) is 10.9. The number of hydrogen-bond acceptors (Lipinski definition) is 8. The molecule has 1 aromatic carbocycles. The van der Waals surface area contributed by atoms with Gasteiger partial charge in [0.15, 0.2) is 0 Å². The van der Waals surface area contributed by atoms with Gasteiger partial charge in [-0.15, -0.1) is 0 Å². The lowest BCUT2D eigenvalue weighted by Crippen LogP contribution is -2.58. The number of carboxylic acid groups (broad SMARTS) is 2. The van der Waals surface area contributed by atoms with Crippen molar-refractivity contribution in [2.75, 3.05) is 0 Å². The van der Waals surface area contributed by atoms with Crippen molar-refractivity contribution >= 4 is 35.6 Å². The van der Waals surface area contributed by atoms with E-state index in [0.29, 0.717) is 5.56 Å². The predicted octanol–water partition coefficient (Wildman–Crippen LogP) is -1.80. The summed E-state index contributed by atoms with van der Waals surface area (Å²) in [6.45, 7) is 3.41. The van der Waals surface area contributed by atoms with Crippen LogP contribution in [0.5, 0.6) is 5.75 Å². The second-order valence-electron chi connectivity index (χ2n) is 8.76. The van der Waals surface area contributed by atoms with Gasteiger partial charge in [0.2, 0.25) is 23.6 Å². The van der Waals surface area contributed by atoms with E-state index in [4.69, 9.17) is 16.6 Å². The number of hydrogen-bond donors (Lipinski definition) is 8. The molecule has 4 unspecified atom stereocenters. The number of rotatable bonds is 15. The second kappa shape index (κ2) is 14.4. The molecule has 1 aromatic rings. The zero-order valence-electron chi connectivity index (χ0n) is 20.5. The standard InChI is InChI=1S/C23H33N5O9/c1-11(2)19(25)22(35)27-15(9-12-3-5-13(29)6-4-12)21(34)26-14(7-8-18(31)32)20(33)28-16(23(36)37)10-17(24)30/h3-6,11,14-16,19,29H,7-10,25H2,1-2H3,(H2,24,30)(H,26,34)(H,27,35)(H,28,33)(H,31,32)(H,36,37). The van der Waals surface area contributed by atoms with Crippen LogP contribution in [0, 0.1) is 5.92 Å². The van der Waals surface area contributed by atoms with E-state index in [1.807, 2.05) is 0 Å². The summed E-state index contributed by atoms with van der Waals surface area (Å²) in [6.07, 6.45) is -1.77. The quantitative estimate of drug-likeness (QED) is 0.128. The van der Waals surface area contributed by atoms with E-state index in [1.165, 1.54) is 24.3 Å². The van der Waals surface area contributed by atoms with Crippen molar-refractivity contribution in [2.45, 2.75) is 63.7 Å². The molecule has 4 amide bonds. The molecule has 37 heavy (non-hydrogen) atoms. The first-order valence-electron chi connectivity index (χ1n) is 11.4. The molecule has 1 rings (SSSR count). The minimum atomic E-state index is -1.70. The Hall–Kier alpha value is -4.20. The van der Waals surface area contributed by atoms with Crippen molar-refractivity contribution in [1.29, 1.82) is 0 Å². The molecule has 0 aliphatic heterocycles. The molecular weight excluding hydrogens is 490 g/mol. The van der Waals surface area contributed by atoms with Crippen LogP contribution in [-0.4, -0.2) is 75.1 Å². The molecule has 0 fully saturated rings. The molecule has 0 bridgehead atoms. The SMILES string of the molecule is CC(C)C(N)C(=O)NC(Cc1ccc(O)cc1)C(=O)NC(CCC(=O)O)C(=O)NC(CC(N)=O)C(=O)O. The molecule has 0 aliphatic rings. The average molecular weight is 524 g/mol. The van der Waals surface area contributed by atoms with Gasteiger partial charge in [-0.3, -0.25) is 24.0 Å². The van der Waals surface area contributed by atoms with Crippen molar-refractivity contribution < 1.29 is 44.1 Å². The van der Waals surface area contributed by atoms with Gasteiger partial charge >= 0.3 is 11.9 Å². The maximum absolute atomic E-state index is 13.2. The van der Waals surface area contributed by atoms with Crippen LogP contribution in [0.4, 0.5) is 0 Å². The van der Waals surface area contributed by atoms with Gasteiger partial charge in [0.25, 0.3) is 0 Å². The molecule has 4 atom stereocenters. The number of phenols is 1. The fourth-order valence-electron chi connectivity index (χ4n) is 3.13. The molecule has 14 nitrogen and oxygen atoms in total. The van der Waals surface area contributed by atoms with Crippen LogP contribution < -0.4 is 27.4 Å². The first kappa shape index (κ1) is 30.8. The lowest BCUT2D eigenvalue weighted by atomic mass is 10.0. The molecule has 14 heteroatoms. The maximum atomic E-state index is 13.2. The molecule has 10 N–H and O–H groups in total. The summed E-state index contributed by atoms with van der Waals surface area (Å²) in [4.78, 5) is 72.1. The number of carbonyl (C=O) groups excluding carboxylic acids is 4. The molecule has 0 radical (unpaired) electrons. The Kier molecular flexibility index (Phi) is 12.0. The molecule has 0 heterocycles. The van der Waals surface area contributed by atoms with Gasteiger partial charge < -0.3 is 42.7 Å². The van der Waals surface area contributed by atoms with Crippen LogP contribution in [0.3, 0.4) is 0 Å². The zero-order chi connectivity index (χ0) is 28.3. The predicted molar refractivity (Wildman–Crippen MR) is 129 cm³/mol. The van der Waals surface area contributed by atoms with Gasteiger partial charge in [0.05, 0.1) is 12.5 Å². The van der Waals surface area contributed by atoms with E-state index in [-0.39, 0.29) is 18.1 Å². The minimum Gasteiger partial charge on any atom is -0.508 e. The number of nitrogens with two attached hydrogens (primary N) is 2. The number of benzene rings is 1. The largest absolute Gasteiger partial charge is 0.508 e. The van der Waals surface area contributed by atoms with E-state index in [9.17, 15) is 39.0 Å². The van der Waals surface area contributed by atoms with Gasteiger partial charge in [0.1, 0.15) is 23.9 Å². The van der Waals surface area contributed by atoms with Gasteiger partial charge in [-0.2, -0.15) is 0 Å². The maximum Gasteiger partial charge on any atom is 0.326 e. The van der Waals surface area contributed by atoms with E-state index in [2.05, 4.69) is 16.0 Å². The highest BCUT2D eigenvalue weighted by Gasteiger charge is 2.31. The van der Waals surface area contributed by atoms with Gasteiger partial charge in [0, 0.05) is 12.8 Å². The summed E-state index contributed by atoms with van der Waals surface area (Å²) in [5, 5.41) is 34.7. The molecule has 0 spiro atoms. The minimum absolute atomic E-state index is 0.0232. The zero-order valence-corrected chi connectivity index (χ0v) is 20.5. The van der Waals surface area contributed by atoms with Crippen molar-refractivity contribution in [3.63, 3.8) is 0 Å². The van der Waals surface area contributed by atoms with E-state index in [1.54, 1.807) is 13.8 Å². The number of nitrogens with one attached hydrogen (secondary N) is 3. The topological polar surface area (TPSA) is 251 Å². The fourth-order valence-corrected chi connectivity index (χ4v) is 3.13. The summed E-state index contributed by atoms with van der Waals surface area (Å²) in [6, 6.07) is 0.344. The van der Waals surface area contributed by atoms with E-state index >= 15 is 0 Å². The number of aromatic hydroxyl groups is 1. The Bertz CT molecular complexity index is 997. The Morgan fingerprint density at radius 1 is 0.838 bits per heavy atom. The van der Waals surface area contributed by atoms with E-state index in [0.717, 1.165) is 0 Å². The number of carboxylic acids is 2. The Morgan fingerprint density at radius 3 is 1.84 bits per heavy atom. The normalized spacial score (nSPS) is 14.1. The van der Waals surface area contributed by atoms with Crippen LogP contribution in [0.1, 0.15) is 38.7 Å². The highest BCUT2D eigenvalue weighted by molar-refractivity contribution is 5.95. The monoisotopic (exact) mass is 523 g/mol. The Morgan fingerprint density at radius 2 is 1.35 bits per heavy atom. The molecular formula is C23H33N5O9. The molecule has 0 aliphatic carbocycles. The van der Waals surface area contributed by atoms with Crippen LogP contribution in [0.15, 0.2) is 24.3 Å². The first-order chi connectivity index (χ1) is 17.2. The summed E-state index contributed by atoms with van der Waals surface area (Å²) in [7, 11) is 0. The fraction of sp³-hybridized carbons (Fsp3) is 0.478. The van der Waals surface area contributed by atoms with Crippen molar-refractivity contribution in [3.8, 4) is 5.75 Å². The number of carbonyl (C=O) groups is 6. The van der Waals surface area contributed by atoms with Crippen LogP contribution >= 0.6 is 0 Å². The molecule has 0 saturated carbocycles. The van der Waals surface area contributed by atoms with Crippen LogP contribution in [0.25, 0.3) is 0 Å². The lowest BCUT2D eigenvalue weighted by molar-refractivity contribution is -0.144. The highest BCUT2D eigenvalue weighted by Crippen LogP contribution is 2.12. The Balaban J connectivity index is 3.18. The number of amides is 4. The second-order valence-corrected chi connectivity index (χ2v) is 8.76. The lowest BCUT2D eigenvalue weighted by Gasteiger charge is -2.25. The third-order valence-corrected chi connectivity index (χ3v) is 5.33. The third-order valence-electron chi connectivity index (χ3n) is 5.33. The van der Waals surface area contributed by atoms with E-state index < -0.39 is 79.0 Å². The van der Waals surface area contributed by atoms with Crippen LogP contribution in [-0.2, 0) is 35.2 Å². The van der Waals surface area contributed by atoms with Crippen molar-refractivity contribution in [1.82, 2.24) is 16.0 Å². The molecule has 204 valence electrons. The van der Waals surface area contributed by atoms with Gasteiger partial charge in [-0.1, -0.05) is 26.0 Å².